The van der Waals surface area contributed by atoms with E-state index >= 15 is 0 Å². The van der Waals surface area contributed by atoms with Crippen molar-refractivity contribution in [3.05, 3.63) is 18.5 Å². The van der Waals surface area contributed by atoms with E-state index in [2.05, 4.69) is 29.5 Å². The van der Waals surface area contributed by atoms with Crippen LogP contribution in [0.5, 0.6) is 0 Å². The molecule has 0 radical (unpaired) electrons. The maximum absolute atomic E-state index is 12.9. The Hall–Kier alpha value is -3.45. The molecule has 2 fully saturated rings. The number of carbonyl (C=O) groups is 2. The highest BCUT2D eigenvalue weighted by Gasteiger charge is 2.31. The first-order chi connectivity index (χ1) is 19.7. The second-order valence-corrected chi connectivity index (χ2v) is 11.4. The van der Waals surface area contributed by atoms with Gasteiger partial charge in [-0.15, -0.1) is 0 Å². The Bertz CT molecular complexity index is 1200. The van der Waals surface area contributed by atoms with Gasteiger partial charge in [0.1, 0.15) is 6.10 Å². The van der Waals surface area contributed by atoms with Crippen molar-refractivity contribution >= 4 is 34.9 Å². The van der Waals surface area contributed by atoms with Crippen LogP contribution in [-0.4, -0.2) is 123 Å². The van der Waals surface area contributed by atoms with Gasteiger partial charge in [-0.1, -0.05) is 13.0 Å². The molecule has 0 spiro atoms. The number of anilines is 2. The number of likely N-dealkylation sites (tertiary alicyclic amines) is 2. The van der Waals surface area contributed by atoms with Gasteiger partial charge in [-0.2, -0.15) is 9.97 Å². The molecule has 0 bridgehead atoms. The summed E-state index contributed by atoms with van der Waals surface area (Å²) >= 11 is 0. The number of likely N-dealkylation sites (N-methyl/N-ethyl adjacent to an activating group) is 1. The molecule has 4 rings (SSSR count). The quantitative estimate of drug-likeness (QED) is 0.344. The standard InChI is InChI=1S/C28H45N9O4/c1-6-20(17-38)31-27-32-25(24-26(33-27)37(18-29-24)19(2)3)30-21-9-13-35(14-10-21)28(40)41-22-11-15-36(16-22)23(39)8-7-12-34(4)5/h7-8,18-22,38H,6,9-17H2,1-5H3,(H2,30,31,32,33)/b8-7+/t20-,22+/m1/s1. The minimum atomic E-state index is -0.327. The zero-order valence-corrected chi connectivity index (χ0v) is 24.9. The van der Waals surface area contributed by atoms with Crippen LogP contribution in [0.1, 0.15) is 52.5 Å². The van der Waals surface area contributed by atoms with E-state index in [1.54, 1.807) is 22.2 Å². The van der Waals surface area contributed by atoms with Crippen LogP contribution in [0.2, 0.25) is 0 Å². The number of aliphatic hydroxyl groups excluding tert-OH is 1. The molecule has 3 N–H and O–H groups in total. The molecule has 0 aliphatic carbocycles. The lowest BCUT2D eigenvalue weighted by Crippen LogP contribution is -2.44. The summed E-state index contributed by atoms with van der Waals surface area (Å²) in [5.41, 5.74) is 1.42. The SMILES string of the molecule is CC[C@H](CO)Nc1nc(NC2CCN(C(=O)O[C@H]3CCN(C(=O)/C=C/CN(C)C)C3)CC2)c2ncn(C(C)C)c2n1. The summed E-state index contributed by atoms with van der Waals surface area (Å²) in [5.74, 6) is 1.04. The third kappa shape index (κ3) is 7.85. The van der Waals surface area contributed by atoms with E-state index in [0.29, 0.717) is 56.4 Å². The number of nitrogens with zero attached hydrogens (tertiary/aromatic N) is 7. The second kappa shape index (κ2) is 13.9. The summed E-state index contributed by atoms with van der Waals surface area (Å²) in [4.78, 5) is 44.7. The molecule has 0 aromatic carbocycles. The molecule has 226 valence electrons. The van der Waals surface area contributed by atoms with Gasteiger partial charge >= 0.3 is 6.09 Å². The molecule has 2 aliphatic rings. The van der Waals surface area contributed by atoms with Gasteiger partial charge in [-0.05, 0) is 47.2 Å². The monoisotopic (exact) mass is 571 g/mol. The maximum atomic E-state index is 12.9. The molecule has 0 saturated carbocycles. The number of aromatic nitrogens is 4. The van der Waals surface area contributed by atoms with Gasteiger partial charge < -0.3 is 39.7 Å². The molecule has 2 amide bonds. The van der Waals surface area contributed by atoms with E-state index in [1.165, 1.54) is 0 Å². The number of carbonyl (C=O) groups excluding carboxylic acids is 2. The molecular weight excluding hydrogens is 526 g/mol. The molecule has 41 heavy (non-hydrogen) atoms. The van der Waals surface area contributed by atoms with Crippen molar-refractivity contribution in [3.8, 4) is 0 Å². The van der Waals surface area contributed by atoms with E-state index in [4.69, 9.17) is 14.7 Å². The molecular formula is C28H45N9O4. The van der Waals surface area contributed by atoms with Gasteiger partial charge in [0.15, 0.2) is 17.0 Å². The first kappa shape index (κ1) is 30.5. The number of imidazole rings is 1. The van der Waals surface area contributed by atoms with E-state index in [9.17, 15) is 14.7 Å². The van der Waals surface area contributed by atoms with Crippen LogP contribution in [0.4, 0.5) is 16.6 Å². The van der Waals surface area contributed by atoms with Crippen LogP contribution in [-0.2, 0) is 9.53 Å². The second-order valence-electron chi connectivity index (χ2n) is 11.4. The van der Waals surface area contributed by atoms with Crippen molar-refractivity contribution in [1.29, 1.82) is 0 Å². The van der Waals surface area contributed by atoms with E-state index < -0.39 is 0 Å². The van der Waals surface area contributed by atoms with Crippen molar-refractivity contribution in [2.45, 2.75) is 70.7 Å². The topological polar surface area (TPSA) is 141 Å². The Morgan fingerprint density at radius 2 is 1.90 bits per heavy atom. The largest absolute Gasteiger partial charge is 0.444 e. The number of rotatable bonds is 11. The lowest BCUT2D eigenvalue weighted by atomic mass is 10.1. The number of amides is 2. The molecule has 2 aromatic heterocycles. The summed E-state index contributed by atoms with van der Waals surface area (Å²) in [6, 6.07) is 0.131. The minimum Gasteiger partial charge on any atom is -0.444 e. The first-order valence-corrected chi connectivity index (χ1v) is 14.6. The fourth-order valence-corrected chi connectivity index (χ4v) is 5.03. The molecule has 2 atom stereocenters. The van der Waals surface area contributed by atoms with Gasteiger partial charge in [0.05, 0.1) is 25.5 Å². The van der Waals surface area contributed by atoms with Crippen LogP contribution in [0.3, 0.4) is 0 Å². The van der Waals surface area contributed by atoms with Crippen molar-refractivity contribution < 1.29 is 19.4 Å². The average Bonchev–Trinajstić information content (AvgIpc) is 3.59. The zero-order valence-electron chi connectivity index (χ0n) is 24.9. The third-order valence-corrected chi connectivity index (χ3v) is 7.57. The predicted molar refractivity (Wildman–Crippen MR) is 158 cm³/mol. The van der Waals surface area contributed by atoms with Crippen molar-refractivity contribution in [2.75, 3.05) is 64.1 Å². The maximum Gasteiger partial charge on any atom is 0.410 e. The number of piperidine rings is 1. The average molecular weight is 572 g/mol. The highest BCUT2D eigenvalue weighted by Crippen LogP contribution is 2.26. The molecule has 13 heteroatoms. The lowest BCUT2D eigenvalue weighted by Gasteiger charge is -2.32. The Kier molecular flexibility index (Phi) is 10.4. The van der Waals surface area contributed by atoms with Crippen LogP contribution in [0.25, 0.3) is 11.2 Å². The molecule has 2 aromatic rings. The number of ether oxygens (including phenoxy) is 1. The molecule has 4 heterocycles. The number of hydrogen-bond acceptors (Lipinski definition) is 10. The minimum absolute atomic E-state index is 0.0122. The fraction of sp³-hybridized carbons (Fsp3) is 0.679. The Morgan fingerprint density at radius 3 is 2.56 bits per heavy atom. The zero-order chi connectivity index (χ0) is 29.5. The summed E-state index contributed by atoms with van der Waals surface area (Å²) in [6.07, 6.45) is 7.45. The number of hydrogen-bond donors (Lipinski definition) is 3. The van der Waals surface area contributed by atoms with Crippen molar-refractivity contribution in [3.63, 3.8) is 0 Å². The smallest absolute Gasteiger partial charge is 0.410 e. The van der Waals surface area contributed by atoms with E-state index in [-0.39, 0.29) is 42.8 Å². The Balaban J connectivity index is 1.32. The van der Waals surface area contributed by atoms with Gasteiger partial charge in [0.25, 0.3) is 0 Å². The van der Waals surface area contributed by atoms with Gasteiger partial charge in [0, 0.05) is 50.8 Å². The van der Waals surface area contributed by atoms with Crippen molar-refractivity contribution in [1.82, 2.24) is 34.2 Å². The summed E-state index contributed by atoms with van der Waals surface area (Å²) in [6.45, 7) is 8.96. The van der Waals surface area contributed by atoms with Crippen LogP contribution in [0, 0.1) is 0 Å². The van der Waals surface area contributed by atoms with Gasteiger partial charge in [-0.3, -0.25) is 4.79 Å². The van der Waals surface area contributed by atoms with Crippen LogP contribution in [0.15, 0.2) is 18.5 Å². The number of nitrogens with one attached hydrogen (secondary N) is 2. The molecule has 0 unspecified atom stereocenters. The third-order valence-electron chi connectivity index (χ3n) is 7.57. The molecule has 2 aliphatic heterocycles. The number of aliphatic hydroxyl groups is 1. The normalized spacial score (nSPS) is 19.1. The van der Waals surface area contributed by atoms with Crippen LogP contribution < -0.4 is 10.6 Å². The highest BCUT2D eigenvalue weighted by molar-refractivity contribution is 5.88. The summed E-state index contributed by atoms with van der Waals surface area (Å²) in [5, 5.41) is 16.4. The van der Waals surface area contributed by atoms with E-state index in [1.807, 2.05) is 36.6 Å². The van der Waals surface area contributed by atoms with Crippen LogP contribution >= 0.6 is 0 Å². The molecule has 2 saturated heterocycles. The first-order valence-electron chi connectivity index (χ1n) is 14.6. The number of fused-ring (bicyclic) bond motifs is 1. The Labute approximate surface area is 241 Å². The highest BCUT2D eigenvalue weighted by atomic mass is 16.6. The van der Waals surface area contributed by atoms with Crippen molar-refractivity contribution in [2.24, 2.45) is 0 Å². The lowest BCUT2D eigenvalue weighted by molar-refractivity contribution is -0.125. The van der Waals surface area contributed by atoms with Gasteiger partial charge in [0.2, 0.25) is 11.9 Å². The van der Waals surface area contributed by atoms with Gasteiger partial charge in [-0.25, -0.2) is 9.78 Å². The summed E-state index contributed by atoms with van der Waals surface area (Å²) in [7, 11) is 3.90. The van der Waals surface area contributed by atoms with E-state index in [0.717, 1.165) is 24.9 Å². The predicted octanol–water partition coefficient (Wildman–Crippen LogP) is 2.32. The molecule has 13 nitrogen and oxygen atoms in total. The fourth-order valence-electron chi connectivity index (χ4n) is 5.03. The summed E-state index contributed by atoms with van der Waals surface area (Å²) < 4.78 is 7.77. The Morgan fingerprint density at radius 1 is 1.17 bits per heavy atom.